The van der Waals surface area contributed by atoms with Crippen LogP contribution in [0.2, 0.25) is 0 Å². The Kier molecular flexibility index (Phi) is 4.00. The summed E-state index contributed by atoms with van der Waals surface area (Å²) in [6.45, 7) is 6.58. The van der Waals surface area contributed by atoms with Gasteiger partial charge in [0.25, 0.3) is 0 Å². The summed E-state index contributed by atoms with van der Waals surface area (Å²) >= 11 is 0. The molecule has 0 aliphatic carbocycles. The highest BCUT2D eigenvalue weighted by molar-refractivity contribution is 5.68. The lowest BCUT2D eigenvalue weighted by Crippen LogP contribution is -2.02. The Hall–Kier alpha value is -2.10. The van der Waals surface area contributed by atoms with E-state index < -0.39 is 0 Å². The molecule has 2 rings (SSSR count). The minimum absolute atomic E-state index is 0.675. The van der Waals surface area contributed by atoms with Crippen LogP contribution in [-0.4, -0.2) is 23.6 Å². The van der Waals surface area contributed by atoms with Crippen LogP contribution in [-0.2, 0) is 0 Å². The summed E-state index contributed by atoms with van der Waals surface area (Å²) in [4.78, 5) is 8.91. The Morgan fingerprint density at radius 2 is 1.79 bits per heavy atom. The van der Waals surface area contributed by atoms with Gasteiger partial charge in [-0.1, -0.05) is 0 Å². The van der Waals surface area contributed by atoms with Crippen LogP contribution in [0.25, 0.3) is 11.3 Å². The summed E-state index contributed by atoms with van der Waals surface area (Å²) in [5, 5.41) is 3.10. The van der Waals surface area contributed by atoms with E-state index in [4.69, 9.17) is 4.74 Å². The van der Waals surface area contributed by atoms with Gasteiger partial charge < -0.3 is 10.1 Å². The predicted molar refractivity (Wildman–Crippen MR) is 77.7 cm³/mol. The van der Waals surface area contributed by atoms with Crippen LogP contribution in [0, 0.1) is 13.8 Å². The Labute approximate surface area is 113 Å². The highest BCUT2D eigenvalue weighted by atomic mass is 16.5. The van der Waals surface area contributed by atoms with E-state index in [1.54, 1.807) is 0 Å². The first kappa shape index (κ1) is 13.3. The van der Waals surface area contributed by atoms with E-state index in [1.807, 2.05) is 52.1 Å². The smallest absolute Gasteiger partial charge is 0.132 e. The highest BCUT2D eigenvalue weighted by Gasteiger charge is 2.10. The van der Waals surface area contributed by atoms with Gasteiger partial charge in [-0.05, 0) is 45.0 Å². The molecule has 1 heterocycles. The van der Waals surface area contributed by atoms with E-state index in [9.17, 15) is 0 Å². The number of aromatic nitrogens is 2. The number of hydrogen-bond acceptors (Lipinski definition) is 4. The number of benzene rings is 1. The molecule has 0 aliphatic rings. The molecule has 0 unspecified atom stereocenters. The molecule has 0 fully saturated rings. The van der Waals surface area contributed by atoms with Crippen LogP contribution in [0.3, 0.4) is 0 Å². The minimum atomic E-state index is 0.675. The topological polar surface area (TPSA) is 47.0 Å². The first-order chi connectivity index (χ1) is 9.15. The van der Waals surface area contributed by atoms with Gasteiger partial charge >= 0.3 is 0 Å². The molecule has 0 atom stereocenters. The average molecular weight is 257 g/mol. The molecule has 4 nitrogen and oxygen atoms in total. The summed E-state index contributed by atoms with van der Waals surface area (Å²) in [6, 6.07) is 7.99. The lowest BCUT2D eigenvalue weighted by atomic mass is 10.1. The fourth-order valence-electron chi connectivity index (χ4n) is 2.03. The summed E-state index contributed by atoms with van der Waals surface area (Å²) in [5.74, 6) is 2.51. The number of nitrogens with zero attached hydrogens (tertiary/aromatic N) is 2. The third-order valence-electron chi connectivity index (χ3n) is 2.93. The number of ether oxygens (including phenoxy) is 1. The Balaban J connectivity index is 2.43. The van der Waals surface area contributed by atoms with Crippen molar-refractivity contribution in [3.8, 4) is 17.0 Å². The van der Waals surface area contributed by atoms with Crippen molar-refractivity contribution in [3.05, 3.63) is 35.7 Å². The number of rotatable bonds is 4. The first-order valence-electron chi connectivity index (χ1n) is 6.42. The standard InChI is InChI=1S/C15H19N3O/c1-5-19-13-8-6-12(7-9-13)14-10(2)15(16-4)18-11(3)17-14/h6-9H,5H2,1-4H3,(H,16,17,18). The van der Waals surface area contributed by atoms with Crippen molar-refractivity contribution in [2.45, 2.75) is 20.8 Å². The SMILES string of the molecule is CCOc1ccc(-c2nc(C)nc(NC)c2C)cc1. The molecule has 4 heteroatoms. The lowest BCUT2D eigenvalue weighted by Gasteiger charge is -2.11. The van der Waals surface area contributed by atoms with Crippen LogP contribution in [0.4, 0.5) is 5.82 Å². The highest BCUT2D eigenvalue weighted by Crippen LogP contribution is 2.27. The monoisotopic (exact) mass is 257 g/mol. The molecule has 2 aromatic rings. The van der Waals surface area contributed by atoms with Crippen molar-refractivity contribution >= 4 is 5.82 Å². The first-order valence-corrected chi connectivity index (χ1v) is 6.42. The van der Waals surface area contributed by atoms with Crippen molar-refractivity contribution < 1.29 is 4.74 Å². The molecule has 100 valence electrons. The number of nitrogens with one attached hydrogen (secondary N) is 1. The van der Waals surface area contributed by atoms with Gasteiger partial charge in [0.1, 0.15) is 17.4 Å². The van der Waals surface area contributed by atoms with Gasteiger partial charge in [0, 0.05) is 18.2 Å². The molecule has 1 aromatic carbocycles. The third kappa shape index (κ3) is 2.84. The zero-order valence-corrected chi connectivity index (χ0v) is 11.8. The van der Waals surface area contributed by atoms with E-state index >= 15 is 0 Å². The molecule has 0 saturated carbocycles. The summed E-state index contributed by atoms with van der Waals surface area (Å²) in [6.07, 6.45) is 0. The number of hydrogen-bond donors (Lipinski definition) is 1. The van der Waals surface area contributed by atoms with E-state index in [1.165, 1.54) is 0 Å². The molecule has 0 saturated heterocycles. The maximum Gasteiger partial charge on any atom is 0.132 e. The second kappa shape index (κ2) is 5.69. The largest absolute Gasteiger partial charge is 0.494 e. The van der Waals surface area contributed by atoms with E-state index in [2.05, 4.69) is 15.3 Å². The van der Waals surface area contributed by atoms with Gasteiger partial charge in [-0.2, -0.15) is 0 Å². The zero-order chi connectivity index (χ0) is 13.8. The van der Waals surface area contributed by atoms with Gasteiger partial charge in [-0.25, -0.2) is 9.97 Å². The van der Waals surface area contributed by atoms with Gasteiger partial charge in [0.05, 0.1) is 12.3 Å². The van der Waals surface area contributed by atoms with Gasteiger partial charge in [-0.3, -0.25) is 0 Å². The van der Waals surface area contributed by atoms with Crippen molar-refractivity contribution in [2.24, 2.45) is 0 Å². The third-order valence-corrected chi connectivity index (χ3v) is 2.93. The van der Waals surface area contributed by atoms with Gasteiger partial charge in [0.2, 0.25) is 0 Å². The number of anilines is 1. The average Bonchev–Trinajstić information content (AvgIpc) is 2.42. The summed E-state index contributed by atoms with van der Waals surface area (Å²) in [7, 11) is 1.87. The second-order valence-electron chi connectivity index (χ2n) is 4.30. The van der Waals surface area contributed by atoms with Crippen molar-refractivity contribution in [1.29, 1.82) is 0 Å². The lowest BCUT2D eigenvalue weighted by molar-refractivity contribution is 0.340. The molecule has 1 N–H and O–H groups in total. The fourth-order valence-corrected chi connectivity index (χ4v) is 2.03. The van der Waals surface area contributed by atoms with Gasteiger partial charge in [-0.15, -0.1) is 0 Å². The maximum atomic E-state index is 5.45. The van der Waals surface area contributed by atoms with Crippen LogP contribution in [0.1, 0.15) is 18.3 Å². The Morgan fingerprint density at radius 3 is 2.37 bits per heavy atom. The molecule has 0 bridgehead atoms. The summed E-state index contributed by atoms with van der Waals surface area (Å²) < 4.78 is 5.45. The molecular formula is C15H19N3O. The minimum Gasteiger partial charge on any atom is -0.494 e. The summed E-state index contributed by atoms with van der Waals surface area (Å²) in [5.41, 5.74) is 3.08. The Morgan fingerprint density at radius 1 is 1.11 bits per heavy atom. The fraction of sp³-hybridized carbons (Fsp3) is 0.333. The zero-order valence-electron chi connectivity index (χ0n) is 11.8. The van der Waals surface area contributed by atoms with Crippen molar-refractivity contribution in [1.82, 2.24) is 9.97 Å². The van der Waals surface area contributed by atoms with E-state index in [0.29, 0.717) is 6.61 Å². The van der Waals surface area contributed by atoms with Crippen molar-refractivity contribution in [3.63, 3.8) is 0 Å². The van der Waals surface area contributed by atoms with E-state index in [-0.39, 0.29) is 0 Å². The molecule has 1 aromatic heterocycles. The molecule has 0 amide bonds. The van der Waals surface area contributed by atoms with Crippen LogP contribution < -0.4 is 10.1 Å². The molecular weight excluding hydrogens is 238 g/mol. The molecule has 0 aliphatic heterocycles. The quantitative estimate of drug-likeness (QED) is 0.913. The van der Waals surface area contributed by atoms with E-state index in [0.717, 1.165) is 34.2 Å². The Bertz CT molecular complexity index is 564. The second-order valence-corrected chi connectivity index (χ2v) is 4.30. The normalized spacial score (nSPS) is 10.3. The number of aryl methyl sites for hydroxylation is 1. The van der Waals surface area contributed by atoms with Crippen LogP contribution in [0.15, 0.2) is 24.3 Å². The molecule has 19 heavy (non-hydrogen) atoms. The predicted octanol–water partition coefficient (Wildman–Crippen LogP) is 3.20. The van der Waals surface area contributed by atoms with Crippen LogP contribution in [0.5, 0.6) is 5.75 Å². The van der Waals surface area contributed by atoms with Crippen LogP contribution >= 0.6 is 0 Å². The van der Waals surface area contributed by atoms with Gasteiger partial charge in [0.15, 0.2) is 0 Å². The molecule has 0 radical (unpaired) electrons. The molecule has 0 spiro atoms. The van der Waals surface area contributed by atoms with Crippen molar-refractivity contribution in [2.75, 3.05) is 19.0 Å². The maximum absolute atomic E-state index is 5.45.